The van der Waals surface area contributed by atoms with Crippen molar-refractivity contribution < 1.29 is 0 Å². The zero-order valence-electron chi connectivity index (χ0n) is 11.1. The summed E-state index contributed by atoms with van der Waals surface area (Å²) in [4.78, 5) is 17.2. The van der Waals surface area contributed by atoms with E-state index in [9.17, 15) is 0 Å². The largest absolute Gasteiger partial charge is 0.353 e. The maximum atomic E-state index is 5.88. The van der Waals surface area contributed by atoms with E-state index >= 15 is 0 Å². The summed E-state index contributed by atoms with van der Waals surface area (Å²) in [5.41, 5.74) is 1.25. The maximum Gasteiger partial charge on any atom is 0.149 e. The molecule has 0 aromatic carbocycles. The molecule has 1 aliphatic heterocycles. The molecule has 0 aliphatic carbocycles. The molecule has 2 aromatic heterocycles. The van der Waals surface area contributed by atoms with Crippen molar-refractivity contribution in [2.24, 2.45) is 0 Å². The Morgan fingerprint density at radius 2 is 1.90 bits per heavy atom. The van der Waals surface area contributed by atoms with E-state index in [0.29, 0.717) is 5.15 Å². The number of pyridine rings is 1. The van der Waals surface area contributed by atoms with Gasteiger partial charge in [-0.2, -0.15) is 0 Å². The summed E-state index contributed by atoms with van der Waals surface area (Å²) in [5, 5.41) is 0.445. The smallest absolute Gasteiger partial charge is 0.149 e. The molecule has 0 bridgehead atoms. The summed E-state index contributed by atoms with van der Waals surface area (Å²) in [6, 6.07) is 4.09. The van der Waals surface area contributed by atoms with Gasteiger partial charge in [-0.3, -0.25) is 14.9 Å². The summed E-state index contributed by atoms with van der Waals surface area (Å²) in [6.45, 7) is 4.83. The van der Waals surface area contributed by atoms with Gasteiger partial charge in [0.25, 0.3) is 0 Å². The third kappa shape index (κ3) is 3.23. The molecule has 6 heteroatoms. The third-order valence-corrected chi connectivity index (χ3v) is 3.60. The van der Waals surface area contributed by atoms with Crippen LogP contribution in [-0.2, 0) is 6.54 Å². The molecule has 20 heavy (non-hydrogen) atoms. The van der Waals surface area contributed by atoms with Gasteiger partial charge >= 0.3 is 0 Å². The van der Waals surface area contributed by atoms with Crippen LogP contribution in [0.5, 0.6) is 0 Å². The van der Waals surface area contributed by atoms with Gasteiger partial charge in [-0.05, 0) is 11.6 Å². The van der Waals surface area contributed by atoms with Crippen molar-refractivity contribution in [1.82, 2.24) is 19.9 Å². The van der Waals surface area contributed by atoms with Crippen LogP contribution in [0.3, 0.4) is 0 Å². The van der Waals surface area contributed by atoms with E-state index in [4.69, 9.17) is 11.6 Å². The molecule has 3 heterocycles. The van der Waals surface area contributed by atoms with Gasteiger partial charge in [0, 0.05) is 45.1 Å². The SMILES string of the molecule is Clc1cncc(N2CCN(Cc3cccnc3)CC2)n1. The number of halogens is 1. The lowest BCUT2D eigenvalue weighted by atomic mass is 10.2. The van der Waals surface area contributed by atoms with Gasteiger partial charge < -0.3 is 4.90 Å². The van der Waals surface area contributed by atoms with Crippen molar-refractivity contribution in [1.29, 1.82) is 0 Å². The topological polar surface area (TPSA) is 45.2 Å². The van der Waals surface area contributed by atoms with E-state index in [-0.39, 0.29) is 0 Å². The standard InChI is InChI=1S/C14H16ClN5/c15-13-9-17-10-14(18-13)20-6-4-19(5-7-20)11-12-2-1-3-16-8-12/h1-3,8-10H,4-7,11H2. The normalized spacial score (nSPS) is 16.4. The van der Waals surface area contributed by atoms with Crippen LogP contribution < -0.4 is 4.90 Å². The molecule has 1 aliphatic rings. The molecule has 0 atom stereocenters. The molecule has 104 valence electrons. The number of nitrogens with zero attached hydrogens (tertiary/aromatic N) is 5. The molecular formula is C14H16ClN5. The van der Waals surface area contributed by atoms with Gasteiger partial charge in [-0.15, -0.1) is 0 Å². The second kappa shape index (κ2) is 6.15. The van der Waals surface area contributed by atoms with E-state index in [1.165, 1.54) is 5.56 Å². The van der Waals surface area contributed by atoms with Crippen molar-refractivity contribution in [3.63, 3.8) is 0 Å². The lowest BCUT2D eigenvalue weighted by molar-refractivity contribution is 0.249. The fourth-order valence-corrected chi connectivity index (χ4v) is 2.51. The minimum Gasteiger partial charge on any atom is -0.353 e. The Morgan fingerprint density at radius 3 is 2.60 bits per heavy atom. The number of piperazine rings is 1. The number of hydrogen-bond acceptors (Lipinski definition) is 5. The number of anilines is 1. The van der Waals surface area contributed by atoms with Crippen LogP contribution in [-0.4, -0.2) is 46.0 Å². The highest BCUT2D eigenvalue weighted by Crippen LogP contribution is 2.15. The average Bonchev–Trinajstić information content (AvgIpc) is 2.49. The van der Waals surface area contributed by atoms with Gasteiger partial charge in [0.2, 0.25) is 0 Å². The second-order valence-electron chi connectivity index (χ2n) is 4.82. The van der Waals surface area contributed by atoms with Gasteiger partial charge in [-0.25, -0.2) is 4.98 Å². The van der Waals surface area contributed by atoms with Crippen molar-refractivity contribution in [3.8, 4) is 0 Å². The first kappa shape index (κ1) is 13.3. The minimum atomic E-state index is 0.445. The van der Waals surface area contributed by atoms with Crippen LogP contribution in [0.2, 0.25) is 5.15 Å². The van der Waals surface area contributed by atoms with Crippen molar-refractivity contribution in [2.75, 3.05) is 31.1 Å². The molecule has 1 fully saturated rings. The molecule has 0 N–H and O–H groups in total. The highest BCUT2D eigenvalue weighted by Gasteiger charge is 2.18. The lowest BCUT2D eigenvalue weighted by Gasteiger charge is -2.35. The zero-order valence-corrected chi connectivity index (χ0v) is 11.9. The highest BCUT2D eigenvalue weighted by atomic mass is 35.5. The fraction of sp³-hybridized carbons (Fsp3) is 0.357. The third-order valence-electron chi connectivity index (χ3n) is 3.42. The Morgan fingerprint density at radius 1 is 1.05 bits per heavy atom. The zero-order chi connectivity index (χ0) is 13.8. The fourth-order valence-electron chi connectivity index (χ4n) is 2.37. The first-order valence-corrected chi connectivity index (χ1v) is 7.03. The van der Waals surface area contributed by atoms with Crippen LogP contribution in [0.15, 0.2) is 36.9 Å². The second-order valence-corrected chi connectivity index (χ2v) is 5.21. The number of rotatable bonds is 3. The average molecular weight is 290 g/mol. The molecule has 1 saturated heterocycles. The Bertz CT molecular complexity index is 555. The molecule has 0 amide bonds. The highest BCUT2D eigenvalue weighted by molar-refractivity contribution is 6.29. The van der Waals surface area contributed by atoms with E-state index in [2.05, 4.69) is 30.8 Å². The summed E-state index contributed by atoms with van der Waals surface area (Å²) in [6.07, 6.45) is 7.06. The van der Waals surface area contributed by atoms with Crippen LogP contribution in [0.4, 0.5) is 5.82 Å². The summed E-state index contributed by atoms with van der Waals surface area (Å²) in [7, 11) is 0. The number of hydrogen-bond donors (Lipinski definition) is 0. The van der Waals surface area contributed by atoms with Crippen LogP contribution >= 0.6 is 11.6 Å². The molecule has 0 saturated carbocycles. The van der Waals surface area contributed by atoms with Crippen LogP contribution in [0.25, 0.3) is 0 Å². The summed E-state index contributed by atoms with van der Waals surface area (Å²) >= 11 is 5.88. The number of aromatic nitrogens is 3. The molecule has 5 nitrogen and oxygen atoms in total. The first-order valence-electron chi connectivity index (χ1n) is 6.65. The molecule has 3 rings (SSSR count). The molecular weight excluding hydrogens is 274 g/mol. The van der Waals surface area contributed by atoms with Crippen LogP contribution in [0, 0.1) is 0 Å². The quantitative estimate of drug-likeness (QED) is 0.863. The van der Waals surface area contributed by atoms with Crippen molar-refractivity contribution in [2.45, 2.75) is 6.54 Å². The predicted octanol–water partition coefficient (Wildman–Crippen LogP) is 1.85. The molecule has 2 aromatic rings. The minimum absolute atomic E-state index is 0.445. The Hall–Kier alpha value is -1.72. The van der Waals surface area contributed by atoms with Crippen LogP contribution in [0.1, 0.15) is 5.56 Å². The van der Waals surface area contributed by atoms with E-state index < -0.39 is 0 Å². The van der Waals surface area contributed by atoms with Crippen molar-refractivity contribution >= 4 is 17.4 Å². The Kier molecular flexibility index (Phi) is 4.08. The molecule has 0 unspecified atom stereocenters. The van der Waals surface area contributed by atoms with Gasteiger partial charge in [-0.1, -0.05) is 17.7 Å². The van der Waals surface area contributed by atoms with Gasteiger partial charge in [0.05, 0.1) is 12.4 Å². The van der Waals surface area contributed by atoms with Crippen molar-refractivity contribution in [3.05, 3.63) is 47.6 Å². The molecule has 0 radical (unpaired) electrons. The van der Waals surface area contributed by atoms with E-state index in [1.807, 2.05) is 12.3 Å². The van der Waals surface area contributed by atoms with Gasteiger partial charge in [0.15, 0.2) is 0 Å². The first-order chi connectivity index (χ1) is 9.81. The Balaban J connectivity index is 1.57. The summed E-state index contributed by atoms with van der Waals surface area (Å²) < 4.78 is 0. The summed E-state index contributed by atoms with van der Waals surface area (Å²) in [5.74, 6) is 0.860. The van der Waals surface area contributed by atoms with E-state index in [1.54, 1.807) is 18.6 Å². The Labute approximate surface area is 123 Å². The predicted molar refractivity (Wildman–Crippen MR) is 78.8 cm³/mol. The lowest BCUT2D eigenvalue weighted by Crippen LogP contribution is -2.46. The monoisotopic (exact) mass is 289 g/mol. The van der Waals surface area contributed by atoms with E-state index in [0.717, 1.165) is 38.5 Å². The molecule has 0 spiro atoms. The van der Waals surface area contributed by atoms with Gasteiger partial charge in [0.1, 0.15) is 11.0 Å². The maximum absolute atomic E-state index is 5.88.